The van der Waals surface area contributed by atoms with Crippen LogP contribution in [0.1, 0.15) is 0 Å². The Kier molecular flexibility index (Phi) is 12.5. The molecule has 0 aliphatic heterocycles. The quantitative estimate of drug-likeness (QED) is 0.113. The van der Waals surface area contributed by atoms with Crippen LogP contribution in [0.15, 0.2) is 0 Å². The predicted octanol–water partition coefficient (Wildman–Crippen LogP) is 10.5. The van der Waals surface area contributed by atoms with Crippen molar-refractivity contribution in [3.05, 3.63) is 29.1 Å². The first-order valence-electron chi connectivity index (χ1n) is 11.6. The summed E-state index contributed by atoms with van der Waals surface area (Å²) >= 11 is -12.5. The first-order valence-corrected chi connectivity index (χ1v) is 13.4. The molecule has 0 amide bonds. The standard InChI is InChI=1S/C6HF5O.3C4F9O.Al/c7-1-2(8)4(10)6(12)5(11)3(1)9;3*5-2(6,7)1(14,3(8,9)10)4(11,12)13;/h12H;;;;/q;3*-1;+3/p-1. The Morgan fingerprint density at radius 2 is 0.400 bits per heavy atom. The third-order valence-corrected chi connectivity index (χ3v) is 8.44. The van der Waals surface area contributed by atoms with Crippen LogP contribution in [0.25, 0.3) is 0 Å². The van der Waals surface area contributed by atoms with Crippen molar-refractivity contribution in [3.63, 3.8) is 0 Å². The van der Waals surface area contributed by atoms with E-state index in [1.165, 1.54) is 11.4 Å². The summed E-state index contributed by atoms with van der Waals surface area (Å²) in [6, 6.07) is 0. The Labute approximate surface area is 278 Å². The molecule has 324 valence electrons. The molecular weight excluding hydrogens is 915 g/mol. The number of rotatable bonds is 8. The molecule has 55 heavy (non-hydrogen) atoms. The van der Waals surface area contributed by atoms with E-state index < -0.39 is 122 Å². The SMILES string of the molecule is Fc1c(F)c(F)c([O][Al-]([O]C(C(F)(F)F)(C(F)(F)F)C(F)(F)F)([O]C(C(F)(F)F)(C(F)(F)F)C(F)(F)F)[O]C(C(F)(F)F)(C(F)(F)F)C(F)(F)F)c(F)c1F. The van der Waals surface area contributed by atoms with Crippen LogP contribution in [0.3, 0.4) is 0 Å². The Morgan fingerprint density at radius 1 is 0.255 bits per heavy atom. The largest absolute Gasteiger partial charge is 0.962 e. The van der Waals surface area contributed by atoms with Crippen LogP contribution in [0, 0.1) is 29.1 Å². The first kappa shape index (κ1) is 50.2. The summed E-state index contributed by atoms with van der Waals surface area (Å²) in [6.07, 6.45) is -82.9. The highest BCUT2D eigenvalue weighted by Crippen LogP contribution is 2.63. The Bertz CT molecular complexity index is 1280. The molecule has 0 atom stereocenters. The van der Waals surface area contributed by atoms with Crippen LogP contribution >= 0.6 is 0 Å². The molecule has 0 unspecified atom stereocenters. The Balaban J connectivity index is 5.36. The maximum absolute atomic E-state index is 14.4. The molecule has 0 fully saturated rings. The van der Waals surface area contributed by atoms with Gasteiger partial charge in [-0.1, -0.05) is 0 Å². The van der Waals surface area contributed by atoms with Crippen molar-refractivity contribution in [2.24, 2.45) is 0 Å². The minimum Gasteiger partial charge on any atom is -0.727 e. The average molecular weight is 915 g/mol. The lowest BCUT2D eigenvalue weighted by Crippen LogP contribution is -2.81. The molecule has 0 radical (unpaired) electrons. The molecule has 0 heterocycles. The second-order valence-electron chi connectivity index (χ2n) is 9.47. The highest BCUT2D eigenvalue weighted by Gasteiger charge is 2.94. The maximum Gasteiger partial charge on any atom is 0.962 e. The van der Waals surface area contributed by atoms with E-state index in [0.29, 0.717) is 0 Å². The van der Waals surface area contributed by atoms with E-state index in [9.17, 15) is 140 Å². The van der Waals surface area contributed by atoms with Gasteiger partial charge in [-0.2, -0.15) is 127 Å². The van der Waals surface area contributed by atoms with Crippen molar-refractivity contribution in [2.45, 2.75) is 72.4 Å². The highest BCUT2D eigenvalue weighted by molar-refractivity contribution is 6.55. The number of hydrogen-bond donors (Lipinski definition) is 0. The monoisotopic (exact) mass is 915 g/mol. The van der Waals surface area contributed by atoms with Gasteiger partial charge in [0.1, 0.15) is 5.75 Å². The fourth-order valence-corrected chi connectivity index (χ4v) is 6.96. The molecule has 37 heteroatoms. The van der Waals surface area contributed by atoms with Crippen molar-refractivity contribution in [1.29, 1.82) is 0 Å². The van der Waals surface area contributed by atoms with Gasteiger partial charge in [-0.05, 0) is 0 Å². The van der Waals surface area contributed by atoms with Crippen LogP contribution in [0.5, 0.6) is 5.75 Å². The molecule has 1 rings (SSSR count). The molecule has 0 N–H and O–H groups in total. The number of halogens is 32. The van der Waals surface area contributed by atoms with E-state index in [4.69, 9.17) is 0 Å². The van der Waals surface area contributed by atoms with E-state index >= 15 is 0 Å². The zero-order valence-electron chi connectivity index (χ0n) is 23.3. The number of alkyl halides is 27. The Morgan fingerprint density at radius 3 is 0.545 bits per heavy atom. The van der Waals surface area contributed by atoms with Gasteiger partial charge in [-0.25, -0.2) is 13.2 Å². The fourth-order valence-electron chi connectivity index (χ4n) is 3.67. The number of benzene rings is 1. The molecule has 0 aromatic heterocycles. The molecule has 0 aliphatic carbocycles. The van der Waals surface area contributed by atoms with Gasteiger partial charge in [0, 0.05) is 0 Å². The van der Waals surface area contributed by atoms with Crippen molar-refractivity contribution in [3.8, 4) is 5.75 Å². The van der Waals surface area contributed by atoms with E-state index in [1.54, 1.807) is 0 Å². The van der Waals surface area contributed by atoms with Gasteiger partial charge in [0.05, 0.1) is 0 Å². The lowest BCUT2D eigenvalue weighted by atomic mass is 10.0. The van der Waals surface area contributed by atoms with Crippen LogP contribution in [0.4, 0.5) is 140 Å². The van der Waals surface area contributed by atoms with Gasteiger partial charge in [0.25, 0.3) is 0 Å². The molecule has 0 spiro atoms. The van der Waals surface area contributed by atoms with Gasteiger partial charge >= 0.3 is 86.8 Å². The summed E-state index contributed by atoms with van der Waals surface area (Å²) in [5.41, 5.74) is -28.6. The third-order valence-electron chi connectivity index (χ3n) is 5.99. The zero-order chi connectivity index (χ0) is 44.8. The number of hydrogen-bond acceptors (Lipinski definition) is 4. The van der Waals surface area contributed by atoms with Crippen molar-refractivity contribution < 1.29 is 156 Å². The van der Waals surface area contributed by atoms with Gasteiger partial charge in [0.15, 0.2) is 0 Å². The molecule has 0 saturated heterocycles. The second-order valence-corrected chi connectivity index (χ2v) is 11.6. The molecular formula is C18AlF32O4-. The summed E-state index contributed by atoms with van der Waals surface area (Å²) in [4.78, 5) is 0. The Hall–Kier alpha value is -2.81. The molecule has 1 aromatic rings. The maximum atomic E-state index is 14.4. The minimum atomic E-state index is -12.5. The molecule has 0 saturated carbocycles. The fraction of sp³-hybridized carbons (Fsp3) is 0.667. The van der Waals surface area contributed by atoms with Gasteiger partial charge in [0.2, 0.25) is 29.1 Å². The summed E-state index contributed by atoms with van der Waals surface area (Å²) in [6.45, 7) is 0. The summed E-state index contributed by atoms with van der Waals surface area (Å²) in [5.74, 6) is -26.3. The summed E-state index contributed by atoms with van der Waals surface area (Å²) in [7, 11) is 0. The second kappa shape index (κ2) is 13.7. The van der Waals surface area contributed by atoms with E-state index in [0.717, 1.165) is 0 Å². The molecule has 0 bridgehead atoms. The normalized spacial score (nSPS) is 15.9. The van der Waals surface area contributed by atoms with Crippen molar-refractivity contribution >= 4 is 14.4 Å². The predicted molar refractivity (Wildman–Crippen MR) is 98.6 cm³/mol. The highest BCUT2D eigenvalue weighted by atomic mass is 27.3. The zero-order valence-corrected chi connectivity index (χ0v) is 24.5. The van der Waals surface area contributed by atoms with Gasteiger partial charge in [-0.3, -0.25) is 0 Å². The van der Waals surface area contributed by atoms with Gasteiger partial charge < -0.3 is 15.2 Å². The smallest absolute Gasteiger partial charge is 0.727 e. The summed E-state index contributed by atoms with van der Waals surface area (Å²) < 4.78 is 446. The lowest BCUT2D eigenvalue weighted by molar-refractivity contribution is -0.483. The van der Waals surface area contributed by atoms with E-state index in [1.807, 2.05) is 0 Å². The van der Waals surface area contributed by atoms with E-state index in [-0.39, 0.29) is 0 Å². The molecule has 4 nitrogen and oxygen atoms in total. The first-order chi connectivity index (χ1) is 23.5. The van der Waals surface area contributed by atoms with Crippen molar-refractivity contribution in [1.82, 2.24) is 0 Å². The average Bonchev–Trinajstić information content (AvgIpc) is 2.87. The van der Waals surface area contributed by atoms with Crippen LogP contribution in [-0.4, -0.2) is 86.8 Å². The third kappa shape index (κ3) is 7.90. The van der Waals surface area contributed by atoms with Crippen LogP contribution in [0.2, 0.25) is 0 Å². The van der Waals surface area contributed by atoms with Crippen molar-refractivity contribution in [2.75, 3.05) is 0 Å². The molecule has 1 aromatic carbocycles. The topological polar surface area (TPSA) is 36.9 Å². The van der Waals surface area contributed by atoms with E-state index in [2.05, 4.69) is 3.79 Å². The van der Waals surface area contributed by atoms with Crippen LogP contribution in [-0.2, 0) is 11.4 Å². The van der Waals surface area contributed by atoms with Crippen LogP contribution < -0.4 is 3.79 Å². The lowest BCUT2D eigenvalue weighted by Gasteiger charge is -2.54. The molecule has 0 aliphatic rings. The summed E-state index contributed by atoms with van der Waals surface area (Å²) in [5, 5.41) is 0. The minimum absolute atomic E-state index is 1.48. The van der Waals surface area contributed by atoms with Gasteiger partial charge in [-0.15, -0.1) is 0 Å².